The van der Waals surface area contributed by atoms with Crippen molar-refractivity contribution in [2.75, 3.05) is 22.9 Å². The van der Waals surface area contributed by atoms with Crippen LogP contribution in [0.25, 0.3) is 5.69 Å². The fraction of sp³-hybridized carbons (Fsp3) is 0.267. The Morgan fingerprint density at radius 1 is 0.974 bits per heavy atom. The van der Waals surface area contributed by atoms with E-state index in [2.05, 4.69) is 109 Å². The molecule has 38 heavy (non-hydrogen) atoms. The summed E-state index contributed by atoms with van der Waals surface area (Å²) >= 11 is 16.5. The van der Waals surface area contributed by atoms with E-state index in [1.54, 1.807) is 0 Å². The molecule has 2 aromatic carbocycles. The van der Waals surface area contributed by atoms with Crippen LogP contribution in [0.15, 0.2) is 89.7 Å². The molecule has 0 radical (unpaired) electrons. The van der Waals surface area contributed by atoms with E-state index < -0.39 is 0 Å². The molecule has 194 valence electrons. The average molecular weight is 607 g/mol. The molecule has 0 bridgehead atoms. The number of hydrogen-bond acceptors (Lipinski definition) is 3. The van der Waals surface area contributed by atoms with E-state index >= 15 is 0 Å². The van der Waals surface area contributed by atoms with Gasteiger partial charge in [0.25, 0.3) is 0 Å². The number of benzene rings is 2. The topological polar surface area (TPSA) is 36.3 Å². The van der Waals surface area contributed by atoms with Gasteiger partial charge in [-0.15, -0.1) is 0 Å². The van der Waals surface area contributed by atoms with Gasteiger partial charge in [-0.2, -0.15) is 0 Å². The fourth-order valence-electron chi connectivity index (χ4n) is 5.56. The maximum absolute atomic E-state index is 6.94. The first-order valence-corrected chi connectivity index (χ1v) is 14.6. The van der Waals surface area contributed by atoms with Crippen molar-refractivity contribution in [1.29, 1.82) is 0 Å². The van der Waals surface area contributed by atoms with E-state index in [9.17, 15) is 0 Å². The molecular formula is C30H29BrClN5S. The predicted molar refractivity (Wildman–Crippen MR) is 163 cm³/mol. The molecule has 1 N–H and O–H groups in total. The SMILES string of the molecule is CC1CCN(c2ccc(N3C(=S)N[C@H](c4ccccn4)[C@H]3c3cccn3-c3ccc(Br)cc3)cc2Cl)CC1. The number of nitrogens with zero attached hydrogens (tertiary/aromatic N) is 4. The Bertz CT molecular complexity index is 1430. The lowest BCUT2D eigenvalue weighted by atomic mass is 9.98. The van der Waals surface area contributed by atoms with Gasteiger partial charge in [-0.25, -0.2) is 0 Å². The van der Waals surface area contributed by atoms with E-state index in [1.165, 1.54) is 12.8 Å². The molecular weight excluding hydrogens is 578 g/mol. The second-order valence-electron chi connectivity index (χ2n) is 10.1. The molecule has 4 heterocycles. The van der Waals surface area contributed by atoms with Crippen molar-refractivity contribution in [1.82, 2.24) is 14.9 Å². The third-order valence-electron chi connectivity index (χ3n) is 7.62. The summed E-state index contributed by atoms with van der Waals surface area (Å²) in [6.45, 7) is 4.40. The highest BCUT2D eigenvalue weighted by Crippen LogP contribution is 2.44. The highest BCUT2D eigenvalue weighted by atomic mass is 79.9. The Balaban J connectivity index is 1.42. The maximum Gasteiger partial charge on any atom is 0.174 e. The Kier molecular flexibility index (Phi) is 7.16. The summed E-state index contributed by atoms with van der Waals surface area (Å²) in [4.78, 5) is 9.29. The standard InChI is InChI=1S/C30H29BrClN5S/c1-20-13-17-35(18-14-20)26-12-11-23(19-24(26)32)37-29(28(34-30(37)38)25-5-2-3-15-33-25)27-6-4-16-36(27)22-9-7-21(31)8-10-22/h2-12,15-16,19-20,28-29H,13-14,17-18H2,1H3,(H,34,38)/t28-,29-/m1/s1. The second-order valence-corrected chi connectivity index (χ2v) is 11.8. The first kappa shape index (κ1) is 25.4. The van der Waals surface area contributed by atoms with Crippen molar-refractivity contribution in [2.45, 2.75) is 31.8 Å². The Morgan fingerprint density at radius 2 is 1.74 bits per heavy atom. The molecule has 0 spiro atoms. The molecule has 2 atom stereocenters. The summed E-state index contributed by atoms with van der Waals surface area (Å²) in [5.41, 5.74) is 5.19. The van der Waals surface area contributed by atoms with Gasteiger partial charge in [0.1, 0.15) is 6.04 Å². The average Bonchev–Trinajstić information content (AvgIpc) is 3.54. The summed E-state index contributed by atoms with van der Waals surface area (Å²) in [5.74, 6) is 0.767. The van der Waals surface area contributed by atoms with Crippen LogP contribution in [-0.2, 0) is 0 Å². The quantitative estimate of drug-likeness (QED) is 0.236. The van der Waals surface area contributed by atoms with Crippen molar-refractivity contribution in [3.05, 3.63) is 106 Å². The molecule has 2 fully saturated rings. The molecule has 6 rings (SSSR count). The van der Waals surface area contributed by atoms with Gasteiger partial charge in [0, 0.05) is 47.0 Å². The van der Waals surface area contributed by atoms with E-state index in [4.69, 9.17) is 28.8 Å². The molecule has 8 heteroatoms. The molecule has 5 nitrogen and oxygen atoms in total. The number of halogens is 2. The highest BCUT2D eigenvalue weighted by Gasteiger charge is 2.42. The van der Waals surface area contributed by atoms with Gasteiger partial charge in [0.2, 0.25) is 0 Å². The van der Waals surface area contributed by atoms with Gasteiger partial charge in [-0.3, -0.25) is 4.98 Å². The molecule has 2 aliphatic rings. The van der Waals surface area contributed by atoms with E-state index in [0.29, 0.717) is 5.11 Å². The second kappa shape index (κ2) is 10.7. The van der Waals surface area contributed by atoms with Crippen LogP contribution in [0.4, 0.5) is 11.4 Å². The minimum Gasteiger partial charge on any atom is -0.370 e. The molecule has 4 aromatic rings. The van der Waals surface area contributed by atoms with E-state index in [-0.39, 0.29) is 12.1 Å². The number of piperidine rings is 1. The summed E-state index contributed by atoms with van der Waals surface area (Å²) in [5, 5.41) is 4.98. The third kappa shape index (κ3) is 4.83. The van der Waals surface area contributed by atoms with E-state index in [1.807, 2.05) is 18.3 Å². The predicted octanol–water partition coefficient (Wildman–Crippen LogP) is 7.70. The lowest BCUT2D eigenvalue weighted by Crippen LogP contribution is -2.33. The Morgan fingerprint density at radius 3 is 2.45 bits per heavy atom. The van der Waals surface area contributed by atoms with Gasteiger partial charge in [-0.1, -0.05) is 40.5 Å². The molecule has 0 aliphatic carbocycles. The largest absolute Gasteiger partial charge is 0.370 e. The molecule has 0 amide bonds. The van der Waals surface area contributed by atoms with Gasteiger partial charge < -0.3 is 19.7 Å². The maximum atomic E-state index is 6.94. The number of rotatable bonds is 5. The van der Waals surface area contributed by atoms with Crippen LogP contribution < -0.4 is 15.1 Å². The normalized spacial score (nSPS) is 20.1. The van der Waals surface area contributed by atoms with Gasteiger partial charge >= 0.3 is 0 Å². The zero-order chi connectivity index (χ0) is 26.2. The molecule has 0 unspecified atom stereocenters. The van der Waals surface area contributed by atoms with Crippen LogP contribution in [0.2, 0.25) is 5.02 Å². The third-order valence-corrected chi connectivity index (χ3v) is 8.77. The van der Waals surface area contributed by atoms with Gasteiger partial charge in [0.05, 0.1) is 22.4 Å². The van der Waals surface area contributed by atoms with Crippen molar-refractivity contribution in [2.24, 2.45) is 5.92 Å². The van der Waals surface area contributed by atoms with E-state index in [0.717, 1.165) is 57.0 Å². The Labute approximate surface area is 242 Å². The minimum absolute atomic E-state index is 0.130. The van der Waals surface area contributed by atoms with Crippen LogP contribution in [-0.4, -0.2) is 27.8 Å². The van der Waals surface area contributed by atoms with Crippen molar-refractivity contribution >= 4 is 56.2 Å². The lowest BCUT2D eigenvalue weighted by Gasteiger charge is -2.33. The fourth-order valence-corrected chi connectivity index (χ4v) is 6.46. The summed E-state index contributed by atoms with van der Waals surface area (Å²) in [6, 6.07) is 24.7. The van der Waals surface area contributed by atoms with Crippen molar-refractivity contribution in [3.8, 4) is 5.69 Å². The number of thiocarbonyl (C=S) groups is 1. The number of nitrogens with one attached hydrogen (secondary N) is 1. The minimum atomic E-state index is -0.131. The van der Waals surface area contributed by atoms with Crippen LogP contribution in [0, 0.1) is 5.92 Å². The summed E-state index contributed by atoms with van der Waals surface area (Å²) in [7, 11) is 0. The number of hydrogen-bond donors (Lipinski definition) is 1. The zero-order valence-corrected chi connectivity index (χ0v) is 24.3. The van der Waals surface area contributed by atoms with Crippen LogP contribution in [0.5, 0.6) is 0 Å². The first-order valence-electron chi connectivity index (χ1n) is 13.0. The Hall–Kier alpha value is -2.87. The number of aromatic nitrogens is 2. The number of anilines is 2. The highest BCUT2D eigenvalue weighted by molar-refractivity contribution is 9.10. The zero-order valence-electron chi connectivity index (χ0n) is 21.1. The first-order chi connectivity index (χ1) is 18.5. The van der Waals surface area contributed by atoms with Gasteiger partial charge in [0.15, 0.2) is 5.11 Å². The van der Waals surface area contributed by atoms with Crippen molar-refractivity contribution in [3.63, 3.8) is 0 Å². The van der Waals surface area contributed by atoms with Crippen LogP contribution >= 0.6 is 39.7 Å². The van der Waals surface area contributed by atoms with Gasteiger partial charge in [-0.05, 0) is 97.7 Å². The lowest BCUT2D eigenvalue weighted by molar-refractivity contribution is 0.438. The van der Waals surface area contributed by atoms with Crippen LogP contribution in [0.1, 0.15) is 43.2 Å². The smallest absolute Gasteiger partial charge is 0.174 e. The van der Waals surface area contributed by atoms with Crippen LogP contribution in [0.3, 0.4) is 0 Å². The summed E-state index contributed by atoms with van der Waals surface area (Å²) < 4.78 is 3.27. The monoisotopic (exact) mass is 605 g/mol. The number of pyridine rings is 1. The molecule has 2 aromatic heterocycles. The van der Waals surface area contributed by atoms with Crippen molar-refractivity contribution < 1.29 is 0 Å². The summed E-state index contributed by atoms with van der Waals surface area (Å²) in [6.07, 6.45) is 6.32. The molecule has 2 aliphatic heterocycles. The molecule has 0 saturated carbocycles. The molecule has 2 saturated heterocycles.